The van der Waals surface area contributed by atoms with Crippen LogP contribution in [-0.2, 0) is 11.2 Å². The molecule has 14 heavy (non-hydrogen) atoms. The molecule has 0 saturated heterocycles. The van der Waals surface area contributed by atoms with Crippen molar-refractivity contribution < 1.29 is 4.74 Å². The molecule has 0 spiro atoms. The minimum Gasteiger partial charge on any atom is -0.381 e. The molecule has 1 aliphatic carbocycles. The van der Waals surface area contributed by atoms with Gasteiger partial charge >= 0.3 is 0 Å². The highest BCUT2D eigenvalue weighted by molar-refractivity contribution is 5.32. The van der Waals surface area contributed by atoms with E-state index in [0.29, 0.717) is 5.92 Å². The third-order valence-corrected chi connectivity index (χ3v) is 3.02. The van der Waals surface area contributed by atoms with Gasteiger partial charge in [-0.25, -0.2) is 0 Å². The summed E-state index contributed by atoms with van der Waals surface area (Å²) in [5.41, 5.74) is 3.05. The van der Waals surface area contributed by atoms with Crippen LogP contribution < -0.4 is 0 Å². The molecule has 1 nitrogen and oxygen atoms in total. The van der Waals surface area contributed by atoms with Crippen molar-refractivity contribution in [3.63, 3.8) is 0 Å². The monoisotopic (exact) mass is 190 g/mol. The molecule has 0 heterocycles. The van der Waals surface area contributed by atoms with Crippen LogP contribution in [-0.4, -0.2) is 13.2 Å². The maximum absolute atomic E-state index is 5.53. The Morgan fingerprint density at radius 3 is 3.07 bits per heavy atom. The molecule has 2 rings (SSSR count). The van der Waals surface area contributed by atoms with Crippen LogP contribution in [0.5, 0.6) is 0 Å². The molecule has 0 N–H and O–H groups in total. The first-order chi connectivity index (χ1) is 6.92. The first-order valence-electron chi connectivity index (χ1n) is 5.57. The Morgan fingerprint density at radius 1 is 1.36 bits per heavy atom. The second-order valence-electron chi connectivity index (χ2n) is 3.95. The normalized spacial score (nSPS) is 20.5. The lowest BCUT2D eigenvalue weighted by Gasteiger charge is -2.25. The summed E-state index contributed by atoms with van der Waals surface area (Å²) < 4.78 is 5.53. The lowest BCUT2D eigenvalue weighted by atomic mass is 9.83. The van der Waals surface area contributed by atoms with E-state index < -0.39 is 0 Å². The number of rotatable bonds is 3. The Morgan fingerprint density at radius 2 is 2.21 bits per heavy atom. The molecule has 0 saturated carbocycles. The fourth-order valence-electron chi connectivity index (χ4n) is 2.29. The van der Waals surface area contributed by atoms with Crippen LogP contribution in [0, 0.1) is 0 Å². The molecule has 1 aliphatic rings. The molecule has 0 aliphatic heterocycles. The average Bonchev–Trinajstić information content (AvgIpc) is 2.26. The van der Waals surface area contributed by atoms with Gasteiger partial charge in [0.1, 0.15) is 0 Å². The zero-order chi connectivity index (χ0) is 9.80. The van der Waals surface area contributed by atoms with Gasteiger partial charge in [0.2, 0.25) is 0 Å². The number of hydrogen-bond donors (Lipinski definition) is 0. The molecule has 1 heteroatoms. The van der Waals surface area contributed by atoms with Crippen molar-refractivity contribution in [1.29, 1.82) is 0 Å². The molecule has 1 aromatic rings. The van der Waals surface area contributed by atoms with E-state index >= 15 is 0 Å². The minimum absolute atomic E-state index is 0.639. The molecular weight excluding hydrogens is 172 g/mol. The van der Waals surface area contributed by atoms with Gasteiger partial charge < -0.3 is 4.74 Å². The van der Waals surface area contributed by atoms with Crippen molar-refractivity contribution in [3.05, 3.63) is 35.4 Å². The first kappa shape index (κ1) is 9.72. The molecule has 0 amide bonds. The molecule has 0 bridgehead atoms. The quantitative estimate of drug-likeness (QED) is 0.711. The van der Waals surface area contributed by atoms with E-state index in [9.17, 15) is 0 Å². The summed E-state index contributed by atoms with van der Waals surface area (Å²) in [7, 11) is 0. The summed E-state index contributed by atoms with van der Waals surface area (Å²) in [6.07, 6.45) is 3.85. The van der Waals surface area contributed by atoms with E-state index in [0.717, 1.165) is 13.2 Å². The lowest BCUT2D eigenvalue weighted by molar-refractivity contribution is 0.127. The third-order valence-electron chi connectivity index (χ3n) is 3.02. The van der Waals surface area contributed by atoms with Crippen LogP contribution in [0.2, 0.25) is 0 Å². The Hall–Kier alpha value is -0.820. The van der Waals surface area contributed by atoms with Gasteiger partial charge in [0, 0.05) is 12.5 Å². The van der Waals surface area contributed by atoms with Crippen LogP contribution in [0.3, 0.4) is 0 Å². The largest absolute Gasteiger partial charge is 0.381 e. The van der Waals surface area contributed by atoms with Crippen LogP contribution in [0.4, 0.5) is 0 Å². The zero-order valence-corrected chi connectivity index (χ0v) is 8.83. The minimum atomic E-state index is 0.639. The Bertz CT molecular complexity index is 293. The SMILES string of the molecule is CCOCC1CCCc2ccccc21. The van der Waals surface area contributed by atoms with Crippen molar-refractivity contribution in [2.45, 2.75) is 32.1 Å². The van der Waals surface area contributed by atoms with Gasteiger partial charge in [0.25, 0.3) is 0 Å². The maximum atomic E-state index is 5.53. The summed E-state index contributed by atoms with van der Waals surface area (Å²) in [4.78, 5) is 0. The summed E-state index contributed by atoms with van der Waals surface area (Å²) in [6, 6.07) is 8.80. The maximum Gasteiger partial charge on any atom is 0.0534 e. The fourth-order valence-corrected chi connectivity index (χ4v) is 2.29. The second kappa shape index (κ2) is 4.61. The molecule has 76 valence electrons. The number of benzene rings is 1. The van der Waals surface area contributed by atoms with Crippen LogP contribution >= 0.6 is 0 Å². The van der Waals surface area contributed by atoms with E-state index in [1.165, 1.54) is 30.4 Å². The smallest absolute Gasteiger partial charge is 0.0534 e. The van der Waals surface area contributed by atoms with Crippen LogP contribution in [0.25, 0.3) is 0 Å². The van der Waals surface area contributed by atoms with Crippen molar-refractivity contribution in [2.75, 3.05) is 13.2 Å². The van der Waals surface area contributed by atoms with Crippen molar-refractivity contribution in [1.82, 2.24) is 0 Å². The predicted octanol–water partition coefficient (Wildman–Crippen LogP) is 3.14. The van der Waals surface area contributed by atoms with Crippen molar-refractivity contribution in [3.8, 4) is 0 Å². The molecule has 0 aromatic heterocycles. The van der Waals surface area contributed by atoms with Crippen molar-refractivity contribution in [2.24, 2.45) is 0 Å². The van der Waals surface area contributed by atoms with Crippen LogP contribution in [0.1, 0.15) is 36.8 Å². The second-order valence-corrected chi connectivity index (χ2v) is 3.95. The molecule has 1 atom stereocenters. The third kappa shape index (κ3) is 1.98. The van der Waals surface area contributed by atoms with Crippen LogP contribution in [0.15, 0.2) is 24.3 Å². The predicted molar refractivity (Wildman–Crippen MR) is 58.6 cm³/mol. The summed E-state index contributed by atoms with van der Waals surface area (Å²) >= 11 is 0. The lowest BCUT2D eigenvalue weighted by Crippen LogP contribution is -2.14. The molecule has 0 fully saturated rings. The topological polar surface area (TPSA) is 9.23 Å². The van der Waals surface area contributed by atoms with Gasteiger partial charge in [0.15, 0.2) is 0 Å². The fraction of sp³-hybridized carbons (Fsp3) is 0.538. The van der Waals surface area contributed by atoms with E-state index in [1.807, 2.05) is 0 Å². The highest BCUT2D eigenvalue weighted by Crippen LogP contribution is 2.31. The van der Waals surface area contributed by atoms with E-state index in [1.54, 1.807) is 0 Å². The summed E-state index contributed by atoms with van der Waals surface area (Å²) in [5, 5.41) is 0. The molecule has 1 aromatic carbocycles. The van der Waals surface area contributed by atoms with E-state index in [4.69, 9.17) is 4.74 Å². The molecule has 1 unspecified atom stereocenters. The summed E-state index contributed by atoms with van der Waals surface area (Å²) in [6.45, 7) is 3.79. The van der Waals surface area contributed by atoms with E-state index in [-0.39, 0.29) is 0 Å². The average molecular weight is 190 g/mol. The van der Waals surface area contributed by atoms with E-state index in [2.05, 4.69) is 31.2 Å². The Balaban J connectivity index is 2.14. The van der Waals surface area contributed by atoms with Gasteiger partial charge in [-0.3, -0.25) is 0 Å². The van der Waals surface area contributed by atoms with Gasteiger partial charge in [-0.1, -0.05) is 24.3 Å². The van der Waals surface area contributed by atoms with Gasteiger partial charge in [-0.15, -0.1) is 0 Å². The van der Waals surface area contributed by atoms with Gasteiger partial charge in [-0.2, -0.15) is 0 Å². The standard InChI is InChI=1S/C13H18O/c1-2-14-10-12-8-5-7-11-6-3-4-9-13(11)12/h3-4,6,9,12H,2,5,7-8,10H2,1H3. The molecular formula is C13H18O. The Labute approximate surface area is 86.1 Å². The Kier molecular flexibility index (Phi) is 3.20. The van der Waals surface area contributed by atoms with Crippen molar-refractivity contribution >= 4 is 0 Å². The highest BCUT2D eigenvalue weighted by atomic mass is 16.5. The van der Waals surface area contributed by atoms with Gasteiger partial charge in [-0.05, 0) is 37.3 Å². The van der Waals surface area contributed by atoms with Gasteiger partial charge in [0.05, 0.1) is 6.61 Å². The number of aryl methyl sites for hydroxylation is 1. The summed E-state index contributed by atoms with van der Waals surface area (Å²) in [5.74, 6) is 0.639. The zero-order valence-electron chi connectivity index (χ0n) is 8.83. The first-order valence-corrected chi connectivity index (χ1v) is 5.57. The number of hydrogen-bond acceptors (Lipinski definition) is 1. The molecule has 0 radical (unpaired) electrons. The highest BCUT2D eigenvalue weighted by Gasteiger charge is 2.19. The number of fused-ring (bicyclic) bond motifs is 1. The number of ether oxygens (including phenoxy) is 1.